The molecule has 0 radical (unpaired) electrons. The largest absolute Gasteiger partial charge is 0.326 e. The number of carbonyl (C=O) groups excluding carboxylic acids is 2. The van der Waals surface area contributed by atoms with E-state index in [1.807, 2.05) is 0 Å². The van der Waals surface area contributed by atoms with Crippen molar-refractivity contribution in [2.75, 3.05) is 5.32 Å². The molecule has 0 aliphatic heterocycles. The number of hydrazone groups is 1. The van der Waals surface area contributed by atoms with Gasteiger partial charge in [0.1, 0.15) is 0 Å². The molecule has 1 aromatic carbocycles. The smallest absolute Gasteiger partial charge is 0.272 e. The molecule has 2 amide bonds. The van der Waals surface area contributed by atoms with Gasteiger partial charge < -0.3 is 5.32 Å². The number of hydrogen-bond donors (Lipinski definition) is 2. The third-order valence-electron chi connectivity index (χ3n) is 2.80. The Labute approximate surface area is 138 Å². The van der Waals surface area contributed by atoms with Gasteiger partial charge in [0.25, 0.3) is 5.91 Å². The number of nitrogens with one attached hydrogen (secondary N) is 2. The summed E-state index contributed by atoms with van der Waals surface area (Å²) in [7, 11) is 0. The summed E-state index contributed by atoms with van der Waals surface area (Å²) in [6.07, 6.45) is 3.07. The Balaban J connectivity index is 1.87. The van der Waals surface area contributed by atoms with E-state index in [0.29, 0.717) is 22.0 Å². The van der Waals surface area contributed by atoms with E-state index in [-0.39, 0.29) is 18.2 Å². The minimum absolute atomic E-state index is 0.0554. The zero-order valence-electron chi connectivity index (χ0n) is 12.4. The minimum atomic E-state index is -0.382. The Morgan fingerprint density at radius 2 is 2.09 bits per heavy atom. The van der Waals surface area contributed by atoms with Crippen LogP contribution in [0.4, 0.5) is 5.69 Å². The molecule has 0 spiro atoms. The number of nitrogens with zero attached hydrogens (tertiary/aromatic N) is 2. The Bertz CT molecular complexity index is 732. The third-order valence-corrected chi connectivity index (χ3v) is 3.03. The van der Waals surface area contributed by atoms with Crippen LogP contribution in [0.15, 0.2) is 53.9 Å². The topological polar surface area (TPSA) is 83.5 Å². The second kappa shape index (κ2) is 8.05. The third kappa shape index (κ3) is 5.52. The van der Waals surface area contributed by atoms with Crippen LogP contribution in [-0.2, 0) is 4.79 Å². The molecule has 0 saturated carbocycles. The molecule has 2 N–H and O–H groups in total. The van der Waals surface area contributed by atoms with Crippen molar-refractivity contribution in [2.45, 2.75) is 13.3 Å². The molecule has 0 aliphatic carbocycles. The number of benzene rings is 1. The normalized spacial score (nSPS) is 11.0. The fourth-order valence-electron chi connectivity index (χ4n) is 1.75. The first kappa shape index (κ1) is 16.6. The van der Waals surface area contributed by atoms with Crippen LogP contribution in [0.5, 0.6) is 0 Å². The number of anilines is 1. The molecule has 0 saturated heterocycles. The molecule has 0 atom stereocenters. The molecule has 118 valence electrons. The molecule has 0 unspecified atom stereocenters. The molecule has 7 heteroatoms. The zero-order valence-corrected chi connectivity index (χ0v) is 13.2. The van der Waals surface area contributed by atoms with E-state index in [4.69, 9.17) is 11.6 Å². The van der Waals surface area contributed by atoms with Crippen LogP contribution in [0, 0.1) is 0 Å². The van der Waals surface area contributed by atoms with Gasteiger partial charge in [-0.25, -0.2) is 5.43 Å². The van der Waals surface area contributed by atoms with Crippen molar-refractivity contribution in [3.05, 3.63) is 59.4 Å². The molecular weight excluding hydrogens is 316 g/mol. The Hall–Kier alpha value is -2.73. The van der Waals surface area contributed by atoms with E-state index in [1.165, 1.54) is 6.20 Å². The maximum Gasteiger partial charge on any atom is 0.272 e. The lowest BCUT2D eigenvalue weighted by molar-refractivity contribution is -0.115. The highest BCUT2D eigenvalue weighted by molar-refractivity contribution is 6.30. The van der Waals surface area contributed by atoms with Gasteiger partial charge in [-0.15, -0.1) is 0 Å². The summed E-state index contributed by atoms with van der Waals surface area (Å²) in [5.41, 5.74) is 3.86. The fourth-order valence-corrected chi connectivity index (χ4v) is 1.94. The van der Waals surface area contributed by atoms with Gasteiger partial charge in [0.05, 0.1) is 12.0 Å². The van der Waals surface area contributed by atoms with Crippen molar-refractivity contribution < 1.29 is 9.59 Å². The number of amides is 2. The van der Waals surface area contributed by atoms with Crippen molar-refractivity contribution in [2.24, 2.45) is 5.10 Å². The van der Waals surface area contributed by atoms with Gasteiger partial charge in [0.2, 0.25) is 5.91 Å². The minimum Gasteiger partial charge on any atom is -0.326 e. The first-order valence-electron chi connectivity index (χ1n) is 6.83. The predicted octanol–water partition coefficient (Wildman–Crippen LogP) is 2.87. The standard InChI is InChI=1S/C16H15ClN4O2/c1-11(20-21-16(23)12-4-3-7-18-10-12)8-15(22)19-14-6-2-5-13(17)9-14/h2-7,9-10H,8H2,1H3,(H,19,22)(H,21,23)/b20-11+. The number of carbonyl (C=O) groups is 2. The van der Waals surface area contributed by atoms with E-state index < -0.39 is 0 Å². The summed E-state index contributed by atoms with van der Waals surface area (Å²) in [6.45, 7) is 1.65. The number of halogens is 1. The maximum atomic E-state index is 11.9. The molecule has 1 heterocycles. The van der Waals surface area contributed by atoms with Gasteiger partial charge in [-0.2, -0.15) is 5.10 Å². The summed E-state index contributed by atoms with van der Waals surface area (Å²) < 4.78 is 0. The first-order chi connectivity index (χ1) is 11.0. The van der Waals surface area contributed by atoms with E-state index >= 15 is 0 Å². The molecule has 6 nitrogen and oxygen atoms in total. The number of hydrogen-bond acceptors (Lipinski definition) is 4. The number of aromatic nitrogens is 1. The summed E-state index contributed by atoms with van der Waals surface area (Å²) >= 11 is 5.85. The van der Waals surface area contributed by atoms with Gasteiger partial charge in [-0.05, 0) is 37.3 Å². The highest BCUT2D eigenvalue weighted by Crippen LogP contribution is 2.14. The van der Waals surface area contributed by atoms with Gasteiger partial charge in [-0.1, -0.05) is 17.7 Å². The summed E-state index contributed by atoms with van der Waals surface area (Å²) in [5.74, 6) is -0.628. The molecule has 0 aliphatic rings. The Kier molecular flexibility index (Phi) is 5.82. The molecule has 0 bridgehead atoms. The first-order valence-corrected chi connectivity index (χ1v) is 7.21. The van der Waals surface area contributed by atoms with E-state index in [1.54, 1.807) is 49.5 Å². The highest BCUT2D eigenvalue weighted by atomic mass is 35.5. The quantitative estimate of drug-likeness (QED) is 0.653. The lowest BCUT2D eigenvalue weighted by Gasteiger charge is -2.06. The van der Waals surface area contributed by atoms with E-state index in [9.17, 15) is 9.59 Å². The number of rotatable bonds is 5. The summed E-state index contributed by atoms with van der Waals surface area (Å²) in [5, 5.41) is 7.15. The van der Waals surface area contributed by atoms with Crippen molar-refractivity contribution >= 4 is 34.8 Å². The lowest BCUT2D eigenvalue weighted by atomic mass is 10.2. The van der Waals surface area contributed by atoms with E-state index in [0.717, 1.165) is 0 Å². The second-order valence-electron chi connectivity index (χ2n) is 4.77. The molecule has 0 fully saturated rings. The SMILES string of the molecule is C/C(CC(=O)Nc1cccc(Cl)c1)=N\NC(=O)c1cccnc1. The molecule has 23 heavy (non-hydrogen) atoms. The van der Waals surface area contributed by atoms with Crippen molar-refractivity contribution in [3.8, 4) is 0 Å². The van der Waals surface area contributed by atoms with Crippen molar-refractivity contribution in [1.82, 2.24) is 10.4 Å². The van der Waals surface area contributed by atoms with Crippen molar-refractivity contribution in [1.29, 1.82) is 0 Å². The van der Waals surface area contributed by atoms with E-state index in [2.05, 4.69) is 20.8 Å². The zero-order chi connectivity index (χ0) is 16.7. The van der Waals surface area contributed by atoms with Crippen LogP contribution in [0.3, 0.4) is 0 Å². The predicted molar refractivity (Wildman–Crippen MR) is 89.5 cm³/mol. The fraction of sp³-hybridized carbons (Fsp3) is 0.125. The highest BCUT2D eigenvalue weighted by Gasteiger charge is 2.07. The monoisotopic (exact) mass is 330 g/mol. The van der Waals surface area contributed by atoms with Crippen LogP contribution in [-0.4, -0.2) is 22.5 Å². The van der Waals surface area contributed by atoms with Gasteiger partial charge in [0.15, 0.2) is 0 Å². The van der Waals surface area contributed by atoms with Crippen LogP contribution in [0.1, 0.15) is 23.7 Å². The summed E-state index contributed by atoms with van der Waals surface area (Å²) in [6, 6.07) is 10.1. The van der Waals surface area contributed by atoms with Gasteiger partial charge in [-0.3, -0.25) is 14.6 Å². The molecule has 2 rings (SSSR count). The average Bonchev–Trinajstić information content (AvgIpc) is 2.53. The lowest BCUT2D eigenvalue weighted by Crippen LogP contribution is -2.21. The van der Waals surface area contributed by atoms with Crippen LogP contribution in [0.25, 0.3) is 0 Å². The summed E-state index contributed by atoms with van der Waals surface area (Å²) in [4.78, 5) is 27.5. The Morgan fingerprint density at radius 1 is 1.26 bits per heavy atom. The van der Waals surface area contributed by atoms with Crippen LogP contribution in [0.2, 0.25) is 5.02 Å². The van der Waals surface area contributed by atoms with Gasteiger partial charge in [0, 0.05) is 28.8 Å². The maximum absolute atomic E-state index is 11.9. The van der Waals surface area contributed by atoms with Crippen molar-refractivity contribution in [3.63, 3.8) is 0 Å². The van der Waals surface area contributed by atoms with Crippen LogP contribution >= 0.6 is 11.6 Å². The van der Waals surface area contributed by atoms with Gasteiger partial charge >= 0.3 is 0 Å². The van der Waals surface area contributed by atoms with Crippen LogP contribution < -0.4 is 10.7 Å². The molecular formula is C16H15ClN4O2. The average molecular weight is 331 g/mol. The second-order valence-corrected chi connectivity index (χ2v) is 5.20. The molecule has 2 aromatic rings. The molecule has 1 aromatic heterocycles. The Morgan fingerprint density at radius 3 is 2.78 bits per heavy atom. The number of pyridine rings is 1.